The van der Waals surface area contributed by atoms with E-state index in [0.717, 1.165) is 21.9 Å². The van der Waals surface area contributed by atoms with Gasteiger partial charge in [0.2, 0.25) is 5.88 Å². The zero-order valence-corrected chi connectivity index (χ0v) is 14.3. The number of hydrogen-bond acceptors (Lipinski definition) is 5. The summed E-state index contributed by atoms with van der Waals surface area (Å²) in [6.07, 6.45) is 3.44. The Labute approximate surface area is 151 Å². The molecule has 5 nitrogen and oxygen atoms in total. The van der Waals surface area contributed by atoms with Crippen molar-refractivity contribution in [1.29, 1.82) is 0 Å². The lowest BCUT2D eigenvalue weighted by Crippen LogP contribution is -2.27. The minimum absolute atomic E-state index is 0.0695. The molecule has 0 radical (unpaired) electrons. The maximum Gasteiger partial charge on any atom is 0.340 e. The normalized spacial score (nSPS) is 16.1. The van der Waals surface area contributed by atoms with Crippen molar-refractivity contribution >= 4 is 16.7 Å². The van der Waals surface area contributed by atoms with Crippen molar-refractivity contribution in [1.82, 2.24) is 4.98 Å². The van der Waals surface area contributed by atoms with E-state index in [1.54, 1.807) is 19.3 Å². The Morgan fingerprint density at radius 3 is 2.81 bits per heavy atom. The Hall–Kier alpha value is -3.34. The fourth-order valence-corrected chi connectivity index (χ4v) is 3.43. The molecular weight excluding hydrogens is 328 g/mol. The minimum atomic E-state index is -0.475. The molecule has 4 rings (SSSR count). The second kappa shape index (κ2) is 6.52. The van der Waals surface area contributed by atoms with Crippen LogP contribution in [-0.4, -0.2) is 17.6 Å². The van der Waals surface area contributed by atoms with Crippen molar-refractivity contribution in [2.45, 2.75) is 12.8 Å². The number of esters is 1. The highest BCUT2D eigenvalue weighted by molar-refractivity contribution is 5.97. The van der Waals surface area contributed by atoms with E-state index in [2.05, 4.69) is 4.98 Å². The summed E-state index contributed by atoms with van der Waals surface area (Å²) in [6.45, 7) is 2.03. The molecule has 26 heavy (non-hydrogen) atoms. The fraction of sp³-hybridized carbons (Fsp3) is 0.143. The van der Waals surface area contributed by atoms with E-state index in [1.807, 2.05) is 48.5 Å². The molecule has 0 spiro atoms. The molecule has 0 saturated heterocycles. The lowest BCUT2D eigenvalue weighted by Gasteiger charge is -2.29. The lowest BCUT2D eigenvalue weighted by molar-refractivity contribution is -0.139. The fourth-order valence-electron chi connectivity index (χ4n) is 3.43. The summed E-state index contributed by atoms with van der Waals surface area (Å²) < 4.78 is 11.1. The number of carbonyl (C=O) groups excluding carboxylic acids is 1. The van der Waals surface area contributed by atoms with Crippen molar-refractivity contribution in [3.63, 3.8) is 0 Å². The first-order valence-corrected chi connectivity index (χ1v) is 8.47. The zero-order valence-electron chi connectivity index (χ0n) is 14.3. The van der Waals surface area contributed by atoms with Gasteiger partial charge in [-0.05, 0) is 35.4 Å². The summed E-state index contributed by atoms with van der Waals surface area (Å²) in [5, 5.41) is 2.07. The van der Waals surface area contributed by atoms with Gasteiger partial charge in [-0.15, -0.1) is 0 Å². The quantitative estimate of drug-likeness (QED) is 0.735. The van der Waals surface area contributed by atoms with E-state index in [9.17, 15) is 4.79 Å². The van der Waals surface area contributed by atoms with Crippen LogP contribution >= 0.6 is 0 Å². The molecule has 0 bridgehead atoms. The first-order chi connectivity index (χ1) is 12.7. The van der Waals surface area contributed by atoms with Crippen LogP contribution in [0, 0.1) is 0 Å². The summed E-state index contributed by atoms with van der Waals surface area (Å²) in [5.41, 5.74) is 8.20. The van der Waals surface area contributed by atoms with Gasteiger partial charge in [0.1, 0.15) is 11.3 Å². The number of carbonyl (C=O) groups is 1. The number of nitrogens with two attached hydrogens (primary N) is 1. The van der Waals surface area contributed by atoms with E-state index in [0.29, 0.717) is 11.3 Å². The highest BCUT2D eigenvalue weighted by Gasteiger charge is 2.36. The predicted octanol–water partition coefficient (Wildman–Crippen LogP) is 3.49. The summed E-state index contributed by atoms with van der Waals surface area (Å²) in [7, 11) is 0. The molecule has 1 atom stereocenters. The van der Waals surface area contributed by atoms with Gasteiger partial charge in [0.05, 0.1) is 12.5 Å². The van der Waals surface area contributed by atoms with Gasteiger partial charge in [-0.2, -0.15) is 0 Å². The Balaban J connectivity index is 2.01. The Morgan fingerprint density at radius 2 is 2.04 bits per heavy atom. The highest BCUT2D eigenvalue weighted by atomic mass is 16.5. The van der Waals surface area contributed by atoms with Gasteiger partial charge in [-0.3, -0.25) is 4.98 Å². The van der Waals surface area contributed by atoms with Crippen LogP contribution in [0.2, 0.25) is 0 Å². The third-order valence-electron chi connectivity index (χ3n) is 4.51. The van der Waals surface area contributed by atoms with Gasteiger partial charge in [-0.1, -0.05) is 36.4 Å². The van der Waals surface area contributed by atoms with Crippen LogP contribution in [0.15, 0.2) is 72.4 Å². The largest absolute Gasteiger partial charge is 0.462 e. The number of fused-ring (bicyclic) bond motifs is 3. The molecule has 1 aliphatic heterocycles. The standard InChI is InChI=1S/C21H18N2O3/c1-2-25-21(24)19-17(14-7-5-11-23-12-14)18-15-8-4-3-6-13(15)9-10-16(18)26-20(19)22/h3-12,17H,2,22H2,1H3/t17-/m0/s1. The van der Waals surface area contributed by atoms with Crippen LogP contribution in [-0.2, 0) is 9.53 Å². The van der Waals surface area contributed by atoms with Crippen molar-refractivity contribution < 1.29 is 14.3 Å². The number of nitrogens with zero attached hydrogens (tertiary/aromatic N) is 1. The predicted molar refractivity (Wildman–Crippen MR) is 98.5 cm³/mol. The van der Waals surface area contributed by atoms with Crippen LogP contribution in [0.4, 0.5) is 0 Å². The Bertz CT molecular complexity index is 1010. The molecule has 0 unspecified atom stereocenters. The molecular formula is C21H18N2O3. The average molecular weight is 346 g/mol. The molecule has 130 valence electrons. The highest BCUT2D eigenvalue weighted by Crippen LogP contribution is 2.45. The molecule has 0 aliphatic carbocycles. The van der Waals surface area contributed by atoms with Crippen molar-refractivity contribution in [3.05, 3.63) is 83.5 Å². The van der Waals surface area contributed by atoms with Crippen LogP contribution in [0.1, 0.15) is 24.0 Å². The number of rotatable bonds is 3. The number of aromatic nitrogens is 1. The van der Waals surface area contributed by atoms with Crippen molar-refractivity contribution in [3.8, 4) is 5.75 Å². The average Bonchev–Trinajstić information content (AvgIpc) is 2.67. The topological polar surface area (TPSA) is 74.4 Å². The summed E-state index contributed by atoms with van der Waals surface area (Å²) >= 11 is 0. The molecule has 2 heterocycles. The van der Waals surface area contributed by atoms with E-state index in [1.165, 1.54) is 0 Å². The minimum Gasteiger partial charge on any atom is -0.462 e. The summed E-state index contributed by atoms with van der Waals surface area (Å²) in [4.78, 5) is 16.9. The molecule has 1 aromatic heterocycles. The molecule has 0 fully saturated rings. The molecule has 0 amide bonds. The second-order valence-electron chi connectivity index (χ2n) is 6.02. The first kappa shape index (κ1) is 16.1. The van der Waals surface area contributed by atoms with E-state index >= 15 is 0 Å². The lowest BCUT2D eigenvalue weighted by atomic mass is 9.81. The van der Waals surface area contributed by atoms with Gasteiger partial charge >= 0.3 is 5.97 Å². The molecule has 1 aliphatic rings. The molecule has 3 aromatic rings. The number of hydrogen-bond donors (Lipinski definition) is 1. The van der Waals surface area contributed by atoms with Gasteiger partial charge in [-0.25, -0.2) is 4.79 Å². The summed E-state index contributed by atoms with van der Waals surface area (Å²) in [6, 6.07) is 15.6. The smallest absolute Gasteiger partial charge is 0.340 e. The van der Waals surface area contributed by atoms with E-state index in [-0.39, 0.29) is 12.5 Å². The van der Waals surface area contributed by atoms with Crippen LogP contribution in [0.5, 0.6) is 5.75 Å². The molecule has 2 aromatic carbocycles. The zero-order chi connectivity index (χ0) is 18.1. The summed E-state index contributed by atoms with van der Waals surface area (Å²) in [5.74, 6) is -0.168. The molecule has 2 N–H and O–H groups in total. The van der Waals surface area contributed by atoms with Gasteiger partial charge < -0.3 is 15.2 Å². The number of ether oxygens (including phenoxy) is 2. The van der Waals surface area contributed by atoms with Crippen molar-refractivity contribution in [2.75, 3.05) is 6.61 Å². The first-order valence-electron chi connectivity index (χ1n) is 8.47. The van der Waals surface area contributed by atoms with Gasteiger partial charge in [0, 0.05) is 18.0 Å². The molecule has 0 saturated carbocycles. The third kappa shape index (κ3) is 2.58. The van der Waals surface area contributed by atoms with E-state index in [4.69, 9.17) is 15.2 Å². The SMILES string of the molecule is CCOC(=O)C1=C(N)Oc2ccc3ccccc3c2[C@@H]1c1cccnc1. The van der Waals surface area contributed by atoms with Crippen molar-refractivity contribution in [2.24, 2.45) is 5.73 Å². The Morgan fingerprint density at radius 1 is 1.19 bits per heavy atom. The van der Waals surface area contributed by atoms with E-state index < -0.39 is 11.9 Å². The van der Waals surface area contributed by atoms with Crippen LogP contribution in [0.3, 0.4) is 0 Å². The van der Waals surface area contributed by atoms with Gasteiger partial charge in [0.15, 0.2) is 0 Å². The monoisotopic (exact) mass is 346 g/mol. The van der Waals surface area contributed by atoms with Crippen LogP contribution in [0.25, 0.3) is 10.8 Å². The second-order valence-corrected chi connectivity index (χ2v) is 6.02. The Kier molecular flexibility index (Phi) is 4.05. The third-order valence-corrected chi connectivity index (χ3v) is 4.51. The van der Waals surface area contributed by atoms with Crippen LogP contribution < -0.4 is 10.5 Å². The maximum atomic E-state index is 12.7. The maximum absolute atomic E-state index is 12.7. The van der Waals surface area contributed by atoms with Gasteiger partial charge in [0.25, 0.3) is 0 Å². The molecule has 5 heteroatoms. The number of benzene rings is 2. The number of pyridine rings is 1.